The molecule has 0 radical (unpaired) electrons. The molecule has 0 aromatic heterocycles. The van der Waals surface area contributed by atoms with Crippen LogP contribution in [-0.4, -0.2) is 19.1 Å². The SMILES string of the molecule is CCC(Cl)CCCCOc1ccc2cc(OC)ccc2c1Cl. The Bertz CT molecular complexity index is 613. The Morgan fingerprint density at radius 3 is 2.68 bits per heavy atom. The highest BCUT2D eigenvalue weighted by Gasteiger charge is 2.08. The Morgan fingerprint density at radius 2 is 1.95 bits per heavy atom. The lowest BCUT2D eigenvalue weighted by Gasteiger charge is -2.11. The van der Waals surface area contributed by atoms with E-state index in [0.29, 0.717) is 11.6 Å². The number of methoxy groups -OCH3 is 1. The molecule has 0 aliphatic heterocycles. The summed E-state index contributed by atoms with van der Waals surface area (Å²) in [5, 5.41) is 2.96. The topological polar surface area (TPSA) is 18.5 Å². The van der Waals surface area contributed by atoms with Crippen molar-refractivity contribution in [1.82, 2.24) is 0 Å². The molecule has 4 heteroatoms. The lowest BCUT2D eigenvalue weighted by atomic mass is 10.1. The molecule has 0 fully saturated rings. The number of rotatable bonds is 8. The monoisotopic (exact) mass is 340 g/mol. The van der Waals surface area contributed by atoms with Crippen LogP contribution in [0.3, 0.4) is 0 Å². The molecular weight excluding hydrogens is 319 g/mol. The number of hydrogen-bond donors (Lipinski definition) is 0. The van der Waals surface area contributed by atoms with Crippen LogP contribution >= 0.6 is 23.2 Å². The summed E-state index contributed by atoms with van der Waals surface area (Å²) >= 11 is 12.5. The molecule has 0 spiro atoms. The second-order valence-electron chi connectivity index (χ2n) is 5.31. The van der Waals surface area contributed by atoms with E-state index >= 15 is 0 Å². The fourth-order valence-electron chi connectivity index (χ4n) is 2.34. The second kappa shape index (κ2) is 8.50. The van der Waals surface area contributed by atoms with Gasteiger partial charge >= 0.3 is 0 Å². The molecule has 22 heavy (non-hydrogen) atoms. The molecule has 0 aliphatic rings. The normalized spacial score (nSPS) is 12.4. The molecule has 1 atom stereocenters. The summed E-state index contributed by atoms with van der Waals surface area (Å²) in [6, 6.07) is 9.76. The van der Waals surface area contributed by atoms with E-state index in [-0.39, 0.29) is 5.38 Å². The summed E-state index contributed by atoms with van der Waals surface area (Å²) in [4.78, 5) is 0. The smallest absolute Gasteiger partial charge is 0.138 e. The molecular formula is C18H22Cl2O2. The van der Waals surface area contributed by atoms with Crippen LogP contribution in [0.25, 0.3) is 10.8 Å². The third kappa shape index (κ3) is 4.44. The zero-order valence-corrected chi connectivity index (χ0v) is 14.6. The van der Waals surface area contributed by atoms with Gasteiger partial charge in [-0.2, -0.15) is 0 Å². The van der Waals surface area contributed by atoms with Crippen LogP contribution in [0, 0.1) is 0 Å². The van der Waals surface area contributed by atoms with Gasteiger partial charge in [0, 0.05) is 10.8 Å². The fraction of sp³-hybridized carbons (Fsp3) is 0.444. The summed E-state index contributed by atoms with van der Waals surface area (Å²) in [6.07, 6.45) is 4.11. The van der Waals surface area contributed by atoms with E-state index in [0.717, 1.165) is 48.0 Å². The van der Waals surface area contributed by atoms with Crippen molar-refractivity contribution in [3.8, 4) is 11.5 Å². The van der Waals surface area contributed by atoms with Crippen molar-refractivity contribution in [3.63, 3.8) is 0 Å². The van der Waals surface area contributed by atoms with Crippen molar-refractivity contribution in [3.05, 3.63) is 35.4 Å². The van der Waals surface area contributed by atoms with E-state index in [2.05, 4.69) is 6.92 Å². The van der Waals surface area contributed by atoms with Gasteiger partial charge in [-0.3, -0.25) is 0 Å². The van der Waals surface area contributed by atoms with Gasteiger partial charge in [0.1, 0.15) is 11.5 Å². The summed E-state index contributed by atoms with van der Waals surface area (Å²) < 4.78 is 11.0. The summed E-state index contributed by atoms with van der Waals surface area (Å²) in [7, 11) is 1.66. The van der Waals surface area contributed by atoms with Gasteiger partial charge in [-0.1, -0.05) is 24.6 Å². The molecule has 0 saturated carbocycles. The van der Waals surface area contributed by atoms with Crippen LogP contribution in [0.5, 0.6) is 11.5 Å². The molecule has 2 rings (SSSR count). The minimum absolute atomic E-state index is 0.277. The van der Waals surface area contributed by atoms with E-state index in [1.54, 1.807) is 7.11 Å². The quantitative estimate of drug-likeness (QED) is 0.429. The minimum Gasteiger partial charge on any atom is -0.497 e. The first-order valence-corrected chi connectivity index (χ1v) is 8.50. The van der Waals surface area contributed by atoms with Crippen molar-refractivity contribution in [2.45, 2.75) is 38.0 Å². The minimum atomic E-state index is 0.277. The van der Waals surface area contributed by atoms with Gasteiger partial charge in [-0.05, 0) is 55.3 Å². The predicted octanol–water partition coefficient (Wildman–Crippen LogP) is 6.07. The Hall–Kier alpha value is -1.12. The number of alkyl halides is 1. The highest BCUT2D eigenvalue weighted by atomic mass is 35.5. The van der Waals surface area contributed by atoms with Gasteiger partial charge in [-0.15, -0.1) is 11.6 Å². The molecule has 1 unspecified atom stereocenters. The van der Waals surface area contributed by atoms with Crippen molar-refractivity contribution in [1.29, 1.82) is 0 Å². The maximum Gasteiger partial charge on any atom is 0.138 e. The first-order chi connectivity index (χ1) is 10.7. The van der Waals surface area contributed by atoms with Crippen LogP contribution in [0.2, 0.25) is 5.02 Å². The number of fused-ring (bicyclic) bond motifs is 1. The van der Waals surface area contributed by atoms with Gasteiger partial charge in [0.25, 0.3) is 0 Å². The first-order valence-electron chi connectivity index (χ1n) is 7.68. The number of hydrogen-bond acceptors (Lipinski definition) is 2. The second-order valence-corrected chi connectivity index (χ2v) is 6.31. The number of ether oxygens (including phenoxy) is 2. The zero-order valence-electron chi connectivity index (χ0n) is 13.1. The predicted molar refractivity (Wildman–Crippen MR) is 94.8 cm³/mol. The highest BCUT2D eigenvalue weighted by molar-refractivity contribution is 6.37. The third-order valence-corrected chi connectivity index (χ3v) is 4.65. The van der Waals surface area contributed by atoms with Gasteiger partial charge in [0.05, 0.1) is 18.7 Å². The Kier molecular flexibility index (Phi) is 6.66. The highest BCUT2D eigenvalue weighted by Crippen LogP contribution is 2.34. The van der Waals surface area contributed by atoms with Crippen molar-refractivity contribution >= 4 is 34.0 Å². The molecule has 0 saturated heterocycles. The van der Waals surface area contributed by atoms with E-state index in [9.17, 15) is 0 Å². The fourth-order valence-corrected chi connectivity index (χ4v) is 2.79. The zero-order chi connectivity index (χ0) is 15.9. The molecule has 2 aromatic carbocycles. The average Bonchev–Trinajstić information content (AvgIpc) is 2.55. The maximum atomic E-state index is 6.44. The van der Waals surface area contributed by atoms with Crippen LogP contribution in [0.1, 0.15) is 32.6 Å². The van der Waals surface area contributed by atoms with E-state index in [4.69, 9.17) is 32.7 Å². The van der Waals surface area contributed by atoms with Gasteiger partial charge in [0.2, 0.25) is 0 Å². The van der Waals surface area contributed by atoms with Gasteiger partial charge in [-0.25, -0.2) is 0 Å². The van der Waals surface area contributed by atoms with Crippen molar-refractivity contribution < 1.29 is 9.47 Å². The molecule has 120 valence electrons. The van der Waals surface area contributed by atoms with E-state index < -0.39 is 0 Å². The Balaban J connectivity index is 1.96. The van der Waals surface area contributed by atoms with Crippen LogP contribution in [0.4, 0.5) is 0 Å². The molecule has 2 aromatic rings. The number of benzene rings is 2. The third-order valence-electron chi connectivity index (χ3n) is 3.74. The van der Waals surface area contributed by atoms with E-state index in [1.165, 1.54) is 0 Å². The van der Waals surface area contributed by atoms with E-state index in [1.807, 2.05) is 30.3 Å². The summed E-state index contributed by atoms with van der Waals surface area (Å²) in [6.45, 7) is 2.77. The maximum absolute atomic E-state index is 6.44. The Labute approximate surface area is 142 Å². The molecule has 0 N–H and O–H groups in total. The van der Waals surface area contributed by atoms with Crippen molar-refractivity contribution in [2.24, 2.45) is 0 Å². The van der Waals surface area contributed by atoms with Crippen LogP contribution in [0.15, 0.2) is 30.3 Å². The average molecular weight is 341 g/mol. The van der Waals surface area contributed by atoms with Crippen molar-refractivity contribution in [2.75, 3.05) is 13.7 Å². The molecule has 0 heterocycles. The van der Waals surface area contributed by atoms with Crippen LogP contribution < -0.4 is 9.47 Å². The molecule has 0 amide bonds. The van der Waals surface area contributed by atoms with Crippen LogP contribution in [-0.2, 0) is 0 Å². The Morgan fingerprint density at radius 1 is 1.14 bits per heavy atom. The molecule has 0 bridgehead atoms. The van der Waals surface area contributed by atoms with Gasteiger partial charge < -0.3 is 9.47 Å². The standard InChI is InChI=1S/C18H22Cl2O2/c1-3-14(19)6-4-5-11-22-17-10-7-13-12-15(21-2)8-9-16(13)18(17)20/h7-10,12,14H,3-6,11H2,1-2H3. The molecule has 2 nitrogen and oxygen atoms in total. The largest absolute Gasteiger partial charge is 0.497 e. The van der Waals surface area contributed by atoms with Gasteiger partial charge in [0.15, 0.2) is 0 Å². The molecule has 0 aliphatic carbocycles. The number of halogens is 2. The summed E-state index contributed by atoms with van der Waals surface area (Å²) in [5.41, 5.74) is 0. The lowest BCUT2D eigenvalue weighted by molar-refractivity contribution is 0.305. The lowest BCUT2D eigenvalue weighted by Crippen LogP contribution is -2.01. The number of unbranched alkanes of at least 4 members (excludes halogenated alkanes) is 1. The summed E-state index contributed by atoms with van der Waals surface area (Å²) in [5.74, 6) is 1.56. The first kappa shape index (κ1) is 17.2.